The van der Waals surface area contributed by atoms with Crippen LogP contribution in [0.25, 0.3) is 21.3 Å². The lowest BCUT2D eigenvalue weighted by Gasteiger charge is -2.18. The molecule has 0 unspecified atom stereocenters. The average molecular weight is 400 g/mol. The van der Waals surface area contributed by atoms with Crippen molar-refractivity contribution in [2.45, 2.75) is 10.9 Å². The van der Waals surface area contributed by atoms with Gasteiger partial charge in [-0.25, -0.2) is 9.67 Å². The minimum absolute atomic E-state index is 0.124. The highest BCUT2D eigenvalue weighted by molar-refractivity contribution is 8.00. The smallest absolute Gasteiger partial charge is 0.291 e. The van der Waals surface area contributed by atoms with Gasteiger partial charge >= 0.3 is 0 Å². The van der Waals surface area contributed by atoms with Gasteiger partial charge in [0.1, 0.15) is 18.7 Å². The minimum atomic E-state index is -0.124. The maximum atomic E-state index is 13.1. The molecule has 0 fully saturated rings. The molecule has 9 heteroatoms. The van der Waals surface area contributed by atoms with Crippen molar-refractivity contribution in [1.29, 1.82) is 0 Å². The second-order valence-corrected chi connectivity index (χ2v) is 8.30. The van der Waals surface area contributed by atoms with Crippen LogP contribution in [0.4, 0.5) is 0 Å². The van der Waals surface area contributed by atoms with Crippen molar-refractivity contribution in [3.63, 3.8) is 0 Å². The SMILES string of the molecule is CSc1nc2c(s1)c1cnn(Cc3ccc4c(c3)OCCO4)c(=O)c1n2C. The van der Waals surface area contributed by atoms with Crippen molar-refractivity contribution in [2.75, 3.05) is 19.5 Å². The molecular formula is C18H16N4O3S2. The van der Waals surface area contributed by atoms with E-state index in [1.807, 2.05) is 36.1 Å². The summed E-state index contributed by atoms with van der Waals surface area (Å²) in [6.07, 6.45) is 3.76. The Balaban J connectivity index is 1.59. The molecule has 1 aliphatic rings. The van der Waals surface area contributed by atoms with Crippen LogP contribution in [-0.2, 0) is 13.6 Å². The lowest BCUT2D eigenvalue weighted by molar-refractivity contribution is 0.171. The van der Waals surface area contributed by atoms with Gasteiger partial charge < -0.3 is 14.0 Å². The van der Waals surface area contributed by atoms with E-state index >= 15 is 0 Å². The first-order valence-electron chi connectivity index (χ1n) is 8.43. The number of nitrogens with zero attached hydrogens (tertiary/aromatic N) is 4. The average Bonchev–Trinajstić information content (AvgIpc) is 3.23. The van der Waals surface area contributed by atoms with E-state index in [9.17, 15) is 4.79 Å². The minimum Gasteiger partial charge on any atom is -0.486 e. The summed E-state index contributed by atoms with van der Waals surface area (Å²) in [7, 11) is 1.88. The molecule has 0 radical (unpaired) electrons. The van der Waals surface area contributed by atoms with Crippen LogP contribution in [0.1, 0.15) is 5.56 Å². The van der Waals surface area contributed by atoms with Crippen molar-refractivity contribution in [3.05, 3.63) is 40.3 Å². The standard InChI is InChI=1S/C18H16N4O3S2/c1-21-14-11(15-16(21)20-18(26-2)27-15)8-19-22(17(14)23)9-10-3-4-12-13(7-10)25-6-5-24-12/h3-4,7-8H,5-6,9H2,1-2H3. The van der Waals surface area contributed by atoms with Gasteiger partial charge in [0.2, 0.25) is 0 Å². The van der Waals surface area contributed by atoms with Crippen molar-refractivity contribution < 1.29 is 9.47 Å². The van der Waals surface area contributed by atoms with E-state index in [1.54, 1.807) is 29.3 Å². The normalized spacial score (nSPS) is 13.6. The maximum Gasteiger partial charge on any atom is 0.291 e. The first-order chi connectivity index (χ1) is 13.2. The molecule has 0 amide bonds. The zero-order valence-corrected chi connectivity index (χ0v) is 16.4. The summed E-state index contributed by atoms with van der Waals surface area (Å²) in [6, 6.07) is 5.71. The lowest BCUT2D eigenvalue weighted by Crippen LogP contribution is -2.24. The van der Waals surface area contributed by atoms with Gasteiger partial charge in [-0.3, -0.25) is 4.79 Å². The largest absolute Gasteiger partial charge is 0.486 e. The Morgan fingerprint density at radius 3 is 2.89 bits per heavy atom. The quantitative estimate of drug-likeness (QED) is 0.493. The highest BCUT2D eigenvalue weighted by Crippen LogP contribution is 2.34. The summed E-state index contributed by atoms with van der Waals surface area (Å²) in [5, 5.41) is 5.26. The third kappa shape index (κ3) is 2.61. The van der Waals surface area contributed by atoms with Crippen molar-refractivity contribution in [2.24, 2.45) is 7.05 Å². The van der Waals surface area contributed by atoms with Gasteiger partial charge in [-0.05, 0) is 24.0 Å². The summed E-state index contributed by atoms with van der Waals surface area (Å²) in [5.74, 6) is 1.44. The van der Waals surface area contributed by atoms with E-state index < -0.39 is 0 Å². The number of thiazole rings is 1. The third-order valence-electron chi connectivity index (χ3n) is 4.62. The molecular weight excluding hydrogens is 384 g/mol. The Morgan fingerprint density at radius 2 is 2.07 bits per heavy atom. The predicted molar refractivity (Wildman–Crippen MR) is 106 cm³/mol. The number of benzene rings is 1. The Morgan fingerprint density at radius 1 is 1.26 bits per heavy atom. The molecule has 5 rings (SSSR count). The van der Waals surface area contributed by atoms with Crippen LogP contribution >= 0.6 is 23.1 Å². The molecule has 0 N–H and O–H groups in total. The van der Waals surface area contributed by atoms with Gasteiger partial charge in [-0.2, -0.15) is 5.10 Å². The van der Waals surface area contributed by atoms with Crippen LogP contribution < -0.4 is 15.0 Å². The molecule has 0 bridgehead atoms. The summed E-state index contributed by atoms with van der Waals surface area (Å²) >= 11 is 3.20. The van der Waals surface area contributed by atoms with Crippen molar-refractivity contribution in [3.8, 4) is 11.5 Å². The summed E-state index contributed by atoms with van der Waals surface area (Å²) in [4.78, 5) is 17.7. The monoisotopic (exact) mass is 400 g/mol. The van der Waals surface area contributed by atoms with E-state index in [0.29, 0.717) is 31.0 Å². The first kappa shape index (κ1) is 16.6. The predicted octanol–water partition coefficient (Wildman–Crippen LogP) is 2.89. The van der Waals surface area contributed by atoms with Crippen LogP contribution in [0.2, 0.25) is 0 Å². The molecule has 0 saturated carbocycles. The van der Waals surface area contributed by atoms with E-state index in [4.69, 9.17) is 9.47 Å². The van der Waals surface area contributed by atoms with Gasteiger partial charge in [0, 0.05) is 12.4 Å². The Hall–Kier alpha value is -2.52. The molecule has 4 aromatic rings. The highest BCUT2D eigenvalue weighted by Gasteiger charge is 2.18. The number of aromatic nitrogens is 4. The zero-order valence-electron chi connectivity index (χ0n) is 14.8. The number of thioether (sulfide) groups is 1. The topological polar surface area (TPSA) is 71.2 Å². The third-order valence-corrected chi connectivity index (χ3v) is 6.68. The molecule has 0 spiro atoms. The summed E-state index contributed by atoms with van der Waals surface area (Å²) in [6.45, 7) is 1.46. The second kappa shape index (κ2) is 6.28. The molecule has 1 aliphatic heterocycles. The molecule has 3 aromatic heterocycles. The van der Waals surface area contributed by atoms with Crippen molar-refractivity contribution >= 4 is 44.3 Å². The zero-order chi connectivity index (χ0) is 18.5. The number of aryl methyl sites for hydroxylation is 1. The van der Waals surface area contributed by atoms with E-state index in [1.165, 1.54) is 4.68 Å². The van der Waals surface area contributed by atoms with Crippen LogP contribution in [-0.4, -0.2) is 38.8 Å². The Bertz CT molecular complexity index is 1240. The van der Waals surface area contributed by atoms with E-state index in [0.717, 1.165) is 31.4 Å². The van der Waals surface area contributed by atoms with Crippen LogP contribution in [0, 0.1) is 0 Å². The number of ether oxygens (including phenoxy) is 2. The Labute approximate surface area is 162 Å². The van der Waals surface area contributed by atoms with Gasteiger partial charge in [-0.1, -0.05) is 17.8 Å². The number of rotatable bonds is 3. The molecule has 0 aliphatic carbocycles. The highest BCUT2D eigenvalue weighted by atomic mass is 32.2. The van der Waals surface area contributed by atoms with E-state index in [2.05, 4.69) is 10.1 Å². The number of fused-ring (bicyclic) bond motifs is 4. The van der Waals surface area contributed by atoms with Gasteiger partial charge in [0.25, 0.3) is 5.56 Å². The van der Waals surface area contributed by atoms with Gasteiger partial charge in [0.05, 0.1) is 17.4 Å². The second-order valence-electron chi connectivity index (χ2n) is 6.24. The van der Waals surface area contributed by atoms with E-state index in [-0.39, 0.29) is 5.56 Å². The molecule has 138 valence electrons. The summed E-state index contributed by atoms with van der Waals surface area (Å²) in [5.41, 5.74) is 2.27. The molecule has 0 atom stereocenters. The first-order valence-corrected chi connectivity index (χ1v) is 10.5. The van der Waals surface area contributed by atoms with Gasteiger partial charge in [0.15, 0.2) is 21.5 Å². The fraction of sp³-hybridized carbons (Fsp3) is 0.278. The molecule has 4 heterocycles. The number of hydrogen-bond donors (Lipinski definition) is 0. The molecule has 7 nitrogen and oxygen atoms in total. The summed E-state index contributed by atoms with van der Waals surface area (Å²) < 4.78 is 16.5. The molecule has 0 saturated heterocycles. The van der Waals surface area contributed by atoms with Crippen LogP contribution in [0.3, 0.4) is 0 Å². The molecule has 27 heavy (non-hydrogen) atoms. The van der Waals surface area contributed by atoms with Crippen LogP contribution in [0.15, 0.2) is 33.5 Å². The van der Waals surface area contributed by atoms with Crippen LogP contribution in [0.5, 0.6) is 11.5 Å². The number of hydrogen-bond acceptors (Lipinski definition) is 7. The maximum absolute atomic E-state index is 13.1. The van der Waals surface area contributed by atoms with Gasteiger partial charge in [-0.15, -0.1) is 11.3 Å². The fourth-order valence-electron chi connectivity index (χ4n) is 3.33. The molecule has 1 aromatic carbocycles. The Kier molecular flexibility index (Phi) is 3.87. The lowest BCUT2D eigenvalue weighted by atomic mass is 10.2. The van der Waals surface area contributed by atoms with Crippen molar-refractivity contribution in [1.82, 2.24) is 19.3 Å². The fourth-order valence-corrected chi connectivity index (χ4v) is 4.93.